The third-order valence-electron chi connectivity index (χ3n) is 5.78. The highest BCUT2D eigenvalue weighted by atomic mass is 32.2. The van der Waals surface area contributed by atoms with Crippen LogP contribution in [0.5, 0.6) is 11.5 Å². The van der Waals surface area contributed by atoms with E-state index in [0.717, 1.165) is 22.3 Å². The van der Waals surface area contributed by atoms with Crippen LogP contribution < -0.4 is 20.1 Å². The summed E-state index contributed by atoms with van der Waals surface area (Å²) in [5.74, 6) is -0.742. The fourth-order valence-electron chi connectivity index (χ4n) is 3.92. The van der Waals surface area contributed by atoms with E-state index in [1.54, 1.807) is 29.2 Å². The van der Waals surface area contributed by atoms with Crippen LogP contribution >= 0.6 is 11.8 Å². The van der Waals surface area contributed by atoms with E-state index in [0.29, 0.717) is 43.2 Å². The second-order valence-corrected chi connectivity index (χ2v) is 9.13. The molecule has 0 aromatic heterocycles. The summed E-state index contributed by atoms with van der Waals surface area (Å²) >= 11 is 0.781. The van der Waals surface area contributed by atoms with Crippen molar-refractivity contribution in [3.63, 3.8) is 0 Å². The number of anilines is 1. The number of nitrogens with two attached hydrogens (primary N) is 1. The van der Waals surface area contributed by atoms with E-state index in [1.807, 2.05) is 30.3 Å². The Morgan fingerprint density at radius 3 is 2.42 bits per heavy atom. The normalized spacial score (nSPS) is 17.0. The smallest absolute Gasteiger partial charge is 0.294 e. The summed E-state index contributed by atoms with van der Waals surface area (Å²) in [7, 11) is 1.44. The number of imide groups is 1. The van der Waals surface area contributed by atoms with E-state index in [1.165, 1.54) is 7.11 Å². The summed E-state index contributed by atoms with van der Waals surface area (Å²) in [6.07, 6.45) is 1.55. The highest BCUT2D eigenvalue weighted by molar-refractivity contribution is 8.18. The van der Waals surface area contributed by atoms with Gasteiger partial charge in [-0.3, -0.25) is 24.1 Å². The summed E-state index contributed by atoms with van der Waals surface area (Å²) in [6, 6.07) is 14.8. The zero-order chi connectivity index (χ0) is 25.7. The van der Waals surface area contributed by atoms with E-state index in [9.17, 15) is 19.2 Å². The summed E-state index contributed by atoms with van der Waals surface area (Å²) in [4.78, 5) is 54.3. The second kappa shape index (κ2) is 11.2. The number of methoxy groups -OCH3 is 1. The molecule has 2 aromatic rings. The number of carbonyl (C=O) groups excluding carboxylic acids is 4. The number of nitrogens with zero attached hydrogens (tertiary/aromatic N) is 3. The molecule has 36 heavy (non-hydrogen) atoms. The highest BCUT2D eigenvalue weighted by Crippen LogP contribution is 2.34. The summed E-state index contributed by atoms with van der Waals surface area (Å²) in [5.41, 5.74) is 6.80. The Morgan fingerprint density at radius 1 is 1.03 bits per heavy atom. The molecule has 2 aliphatic heterocycles. The van der Waals surface area contributed by atoms with Crippen molar-refractivity contribution in [2.75, 3.05) is 51.3 Å². The largest absolute Gasteiger partial charge is 0.493 e. The van der Waals surface area contributed by atoms with Crippen LogP contribution in [-0.4, -0.2) is 79.2 Å². The van der Waals surface area contributed by atoms with Gasteiger partial charge in [0.05, 0.1) is 12.0 Å². The van der Waals surface area contributed by atoms with Crippen molar-refractivity contribution in [3.8, 4) is 11.5 Å². The van der Waals surface area contributed by atoms with Crippen LogP contribution in [0.15, 0.2) is 53.4 Å². The molecule has 2 heterocycles. The minimum absolute atomic E-state index is 0.203. The van der Waals surface area contributed by atoms with E-state index < -0.39 is 17.1 Å². The molecule has 2 N–H and O–H groups in total. The SMILES string of the molecule is COc1cc(/C=C2/SC(=O)N(CC(=O)N3CCN(c4ccccc4)CC3)C2=O)ccc1OCC(N)=O. The molecule has 0 aliphatic carbocycles. The lowest BCUT2D eigenvalue weighted by Crippen LogP contribution is -2.51. The molecule has 0 unspecified atom stereocenters. The molecule has 10 nitrogen and oxygen atoms in total. The van der Waals surface area contributed by atoms with Crippen molar-refractivity contribution in [2.24, 2.45) is 5.73 Å². The van der Waals surface area contributed by atoms with Crippen molar-refractivity contribution in [3.05, 3.63) is 59.0 Å². The first-order valence-electron chi connectivity index (χ1n) is 11.3. The molecule has 11 heteroatoms. The van der Waals surface area contributed by atoms with Gasteiger partial charge in [0.2, 0.25) is 5.91 Å². The van der Waals surface area contributed by atoms with Gasteiger partial charge in [0.1, 0.15) is 6.54 Å². The average molecular weight is 511 g/mol. The molecule has 2 saturated heterocycles. The number of piperazine rings is 1. The number of carbonyl (C=O) groups is 4. The van der Waals surface area contributed by atoms with E-state index in [-0.39, 0.29) is 24.0 Å². The van der Waals surface area contributed by atoms with Gasteiger partial charge in [-0.25, -0.2) is 0 Å². The predicted molar refractivity (Wildman–Crippen MR) is 136 cm³/mol. The topological polar surface area (TPSA) is 122 Å². The monoisotopic (exact) mass is 510 g/mol. The fourth-order valence-corrected chi connectivity index (χ4v) is 4.76. The maximum Gasteiger partial charge on any atom is 0.294 e. The van der Waals surface area contributed by atoms with Crippen molar-refractivity contribution >= 4 is 46.5 Å². The van der Waals surface area contributed by atoms with Crippen LogP contribution in [0, 0.1) is 0 Å². The van der Waals surface area contributed by atoms with E-state index in [4.69, 9.17) is 15.2 Å². The van der Waals surface area contributed by atoms with Gasteiger partial charge in [-0.2, -0.15) is 0 Å². The first kappa shape index (κ1) is 25.1. The number of amides is 4. The first-order chi connectivity index (χ1) is 17.4. The van der Waals surface area contributed by atoms with Crippen molar-refractivity contribution in [1.82, 2.24) is 9.80 Å². The average Bonchev–Trinajstić information content (AvgIpc) is 3.15. The molecule has 2 aliphatic rings. The number of hydrogen-bond acceptors (Lipinski definition) is 8. The standard InChI is InChI=1S/C25H26N4O6S/c1-34-20-13-17(7-8-19(20)35-16-22(26)30)14-21-24(32)29(25(33)36-21)15-23(31)28-11-9-27(10-12-28)18-5-3-2-4-6-18/h2-8,13-14H,9-12,15-16H2,1H3,(H2,26,30)/b21-14+. The maximum absolute atomic E-state index is 12.9. The Bertz CT molecular complexity index is 1190. The molecule has 2 aromatic carbocycles. The van der Waals surface area contributed by atoms with Crippen LogP contribution in [0.2, 0.25) is 0 Å². The highest BCUT2D eigenvalue weighted by Gasteiger charge is 2.37. The summed E-state index contributed by atoms with van der Waals surface area (Å²) in [5, 5.41) is -0.490. The Kier molecular flexibility index (Phi) is 7.79. The van der Waals surface area contributed by atoms with Crippen LogP contribution in [0.25, 0.3) is 6.08 Å². The molecular weight excluding hydrogens is 484 g/mol. The van der Waals surface area contributed by atoms with Crippen molar-refractivity contribution in [1.29, 1.82) is 0 Å². The minimum atomic E-state index is -0.623. The molecule has 4 rings (SSSR count). The van der Waals surface area contributed by atoms with Gasteiger partial charge < -0.3 is 25.0 Å². The predicted octanol–water partition coefficient (Wildman–Crippen LogP) is 1.94. The van der Waals surface area contributed by atoms with Crippen molar-refractivity contribution in [2.45, 2.75) is 0 Å². The number of primary amides is 1. The van der Waals surface area contributed by atoms with Crippen molar-refractivity contribution < 1.29 is 28.7 Å². The number of benzene rings is 2. The number of rotatable bonds is 8. The Labute approximate surface area is 212 Å². The second-order valence-electron chi connectivity index (χ2n) is 8.14. The molecule has 188 valence electrons. The molecule has 0 saturated carbocycles. The Morgan fingerprint density at radius 2 is 1.75 bits per heavy atom. The lowest BCUT2D eigenvalue weighted by molar-refractivity contribution is -0.136. The summed E-state index contributed by atoms with van der Waals surface area (Å²) in [6.45, 7) is 1.80. The maximum atomic E-state index is 12.9. The quantitative estimate of drug-likeness (QED) is 0.535. The minimum Gasteiger partial charge on any atom is -0.493 e. The third kappa shape index (κ3) is 5.80. The molecule has 0 radical (unpaired) electrons. The summed E-state index contributed by atoms with van der Waals surface area (Å²) < 4.78 is 10.6. The third-order valence-corrected chi connectivity index (χ3v) is 6.68. The van der Waals surface area contributed by atoms with Gasteiger partial charge in [-0.05, 0) is 47.7 Å². The Balaban J connectivity index is 1.37. The Hall–Kier alpha value is -3.99. The van der Waals surface area contributed by atoms with Gasteiger partial charge >= 0.3 is 0 Å². The van der Waals surface area contributed by atoms with Gasteiger partial charge in [-0.1, -0.05) is 24.3 Å². The van der Waals surface area contributed by atoms with Crippen LogP contribution in [0.4, 0.5) is 10.5 Å². The van der Waals surface area contributed by atoms with Gasteiger partial charge in [0.15, 0.2) is 18.1 Å². The number of ether oxygens (including phenoxy) is 2. The number of hydrogen-bond donors (Lipinski definition) is 1. The molecule has 2 fully saturated rings. The zero-order valence-electron chi connectivity index (χ0n) is 19.7. The van der Waals surface area contributed by atoms with Crippen LogP contribution in [-0.2, 0) is 14.4 Å². The molecule has 0 atom stereocenters. The number of para-hydroxylation sites is 1. The fraction of sp³-hybridized carbons (Fsp3) is 0.280. The van der Waals surface area contributed by atoms with Crippen LogP contribution in [0.3, 0.4) is 0 Å². The molecule has 0 spiro atoms. The van der Waals surface area contributed by atoms with E-state index >= 15 is 0 Å². The van der Waals surface area contributed by atoms with Crippen LogP contribution in [0.1, 0.15) is 5.56 Å². The number of thioether (sulfide) groups is 1. The van der Waals surface area contributed by atoms with Gasteiger partial charge in [0.25, 0.3) is 17.1 Å². The van der Waals surface area contributed by atoms with E-state index in [2.05, 4.69) is 4.90 Å². The molecular formula is C25H26N4O6S. The lowest BCUT2D eigenvalue weighted by Gasteiger charge is -2.36. The molecule has 0 bridgehead atoms. The van der Waals surface area contributed by atoms with Gasteiger partial charge in [-0.15, -0.1) is 0 Å². The zero-order valence-corrected chi connectivity index (χ0v) is 20.5. The van der Waals surface area contributed by atoms with Gasteiger partial charge in [0, 0.05) is 31.9 Å². The lowest BCUT2D eigenvalue weighted by atomic mass is 10.2. The first-order valence-corrected chi connectivity index (χ1v) is 12.1. The molecule has 4 amide bonds.